The summed E-state index contributed by atoms with van der Waals surface area (Å²) in [5.74, 6) is -0.938. The molecule has 0 radical (unpaired) electrons. The van der Waals surface area contributed by atoms with E-state index in [9.17, 15) is 19.8 Å². The molecule has 1 aromatic heterocycles. The van der Waals surface area contributed by atoms with Gasteiger partial charge < -0.3 is 15.5 Å². The Hall–Kier alpha value is -1.77. The first-order valence-corrected chi connectivity index (χ1v) is 8.12. The van der Waals surface area contributed by atoms with Crippen LogP contribution in [0, 0.1) is 11.8 Å². The van der Waals surface area contributed by atoms with Crippen molar-refractivity contribution in [1.82, 2.24) is 9.97 Å². The van der Waals surface area contributed by atoms with Gasteiger partial charge in [0.15, 0.2) is 5.15 Å². The van der Waals surface area contributed by atoms with E-state index in [1.807, 2.05) is 0 Å². The fourth-order valence-corrected chi connectivity index (χ4v) is 3.00. The molecule has 1 fully saturated rings. The minimum atomic E-state index is -0.661. The lowest BCUT2D eigenvalue weighted by Gasteiger charge is -2.16. The summed E-state index contributed by atoms with van der Waals surface area (Å²) in [7, 11) is 0. The highest BCUT2D eigenvalue weighted by atomic mass is 35.5. The first-order valence-electron chi connectivity index (χ1n) is 7.74. The predicted octanol–water partition coefficient (Wildman–Crippen LogP) is 1.14. The lowest BCUT2D eigenvalue weighted by molar-refractivity contribution is -0.119. The van der Waals surface area contributed by atoms with Crippen LogP contribution in [0.1, 0.15) is 38.3 Å². The number of carbonyl (C=O) groups excluding carboxylic acids is 2. The van der Waals surface area contributed by atoms with Crippen LogP contribution in [-0.2, 0) is 9.59 Å². The van der Waals surface area contributed by atoms with Crippen molar-refractivity contribution in [3.05, 3.63) is 10.8 Å². The largest absolute Gasteiger partial charge is 0.396 e. The molecule has 0 bridgehead atoms. The van der Waals surface area contributed by atoms with Crippen LogP contribution >= 0.6 is 11.6 Å². The third-order valence-electron chi connectivity index (χ3n) is 4.13. The van der Waals surface area contributed by atoms with E-state index in [2.05, 4.69) is 20.6 Å². The number of amides is 2. The number of aromatic nitrogens is 2. The highest BCUT2D eigenvalue weighted by molar-refractivity contribution is 6.32. The molecule has 132 valence electrons. The Morgan fingerprint density at radius 3 is 2.67 bits per heavy atom. The molecule has 2 rings (SSSR count). The van der Waals surface area contributed by atoms with Crippen LogP contribution in [0.4, 0.5) is 11.6 Å². The molecule has 1 aliphatic rings. The molecule has 4 N–H and O–H groups in total. The summed E-state index contributed by atoms with van der Waals surface area (Å²) < 4.78 is 0. The molecular formula is C15H21ClN4O4. The molecule has 1 aliphatic carbocycles. The molecule has 0 unspecified atom stereocenters. The van der Waals surface area contributed by atoms with Crippen molar-refractivity contribution in [2.24, 2.45) is 11.8 Å². The van der Waals surface area contributed by atoms with E-state index in [-0.39, 0.29) is 47.1 Å². The van der Waals surface area contributed by atoms with Gasteiger partial charge in [0.2, 0.25) is 18.3 Å². The van der Waals surface area contributed by atoms with Gasteiger partial charge in [0, 0.05) is 24.4 Å². The lowest BCUT2D eigenvalue weighted by Crippen LogP contribution is -2.20. The van der Waals surface area contributed by atoms with Gasteiger partial charge in [0.05, 0.1) is 11.8 Å². The smallest absolute Gasteiger partial charge is 0.231 e. The Labute approximate surface area is 144 Å². The van der Waals surface area contributed by atoms with E-state index < -0.39 is 6.10 Å². The van der Waals surface area contributed by atoms with Gasteiger partial charge in [-0.3, -0.25) is 14.9 Å². The number of aliphatic hydroxyl groups is 2. The molecule has 0 spiro atoms. The van der Waals surface area contributed by atoms with Crippen LogP contribution in [0.15, 0.2) is 0 Å². The van der Waals surface area contributed by atoms with Crippen molar-refractivity contribution >= 4 is 35.6 Å². The zero-order valence-corrected chi connectivity index (χ0v) is 14.2. The monoisotopic (exact) mass is 356 g/mol. The van der Waals surface area contributed by atoms with Crippen molar-refractivity contribution in [2.45, 2.75) is 38.7 Å². The Balaban J connectivity index is 2.37. The number of hydrogen-bond acceptors (Lipinski definition) is 6. The van der Waals surface area contributed by atoms with Crippen LogP contribution in [0.5, 0.6) is 0 Å². The van der Waals surface area contributed by atoms with Crippen LogP contribution < -0.4 is 10.6 Å². The fourth-order valence-electron chi connectivity index (χ4n) is 2.77. The van der Waals surface area contributed by atoms with Gasteiger partial charge in [-0.05, 0) is 12.8 Å². The Morgan fingerprint density at radius 1 is 1.42 bits per heavy atom. The quantitative estimate of drug-likeness (QED) is 0.447. The topological polar surface area (TPSA) is 124 Å². The molecule has 1 heterocycles. The van der Waals surface area contributed by atoms with E-state index in [1.54, 1.807) is 13.8 Å². The molecule has 9 heteroatoms. The number of anilines is 2. The van der Waals surface area contributed by atoms with Gasteiger partial charge in [-0.1, -0.05) is 25.4 Å². The van der Waals surface area contributed by atoms with Gasteiger partial charge in [0.25, 0.3) is 0 Å². The average Bonchev–Trinajstić information content (AvgIpc) is 2.90. The molecule has 0 saturated heterocycles. The second-order valence-electron chi connectivity index (χ2n) is 6.18. The number of aliphatic hydroxyl groups excluding tert-OH is 2. The Bertz CT molecular complexity index is 626. The zero-order chi connectivity index (χ0) is 17.9. The molecule has 24 heavy (non-hydrogen) atoms. The molecule has 0 aliphatic heterocycles. The van der Waals surface area contributed by atoms with E-state index in [1.165, 1.54) is 0 Å². The van der Waals surface area contributed by atoms with Crippen LogP contribution in [-0.4, -0.2) is 45.2 Å². The maximum absolute atomic E-state index is 11.8. The van der Waals surface area contributed by atoms with Crippen molar-refractivity contribution in [3.63, 3.8) is 0 Å². The summed E-state index contributed by atoms with van der Waals surface area (Å²) in [6.07, 6.45) is 0.682. The molecule has 3 atom stereocenters. The molecule has 2 amide bonds. The number of nitrogens with one attached hydrogen (secondary N) is 2. The molecule has 8 nitrogen and oxygen atoms in total. The highest BCUT2D eigenvalue weighted by Crippen LogP contribution is 2.42. The average molecular weight is 357 g/mol. The van der Waals surface area contributed by atoms with Crippen molar-refractivity contribution < 1.29 is 19.8 Å². The molecular weight excluding hydrogens is 336 g/mol. The second-order valence-corrected chi connectivity index (χ2v) is 6.54. The first kappa shape index (κ1) is 18.6. The van der Waals surface area contributed by atoms with Gasteiger partial charge >= 0.3 is 0 Å². The highest BCUT2D eigenvalue weighted by Gasteiger charge is 2.36. The summed E-state index contributed by atoms with van der Waals surface area (Å²) in [5.41, 5.74) is 0.696. The van der Waals surface area contributed by atoms with Crippen molar-refractivity contribution in [1.29, 1.82) is 0 Å². The Kier molecular flexibility index (Phi) is 6.09. The van der Waals surface area contributed by atoms with Crippen molar-refractivity contribution in [2.75, 3.05) is 17.2 Å². The van der Waals surface area contributed by atoms with Gasteiger partial charge in [0.1, 0.15) is 5.69 Å². The Morgan fingerprint density at radius 2 is 2.12 bits per heavy atom. The predicted molar refractivity (Wildman–Crippen MR) is 88.8 cm³/mol. The van der Waals surface area contributed by atoms with E-state index in [4.69, 9.17) is 11.6 Å². The maximum Gasteiger partial charge on any atom is 0.231 e. The summed E-state index contributed by atoms with van der Waals surface area (Å²) in [4.78, 5) is 31.0. The van der Waals surface area contributed by atoms with Gasteiger partial charge in [-0.2, -0.15) is 4.98 Å². The SMILES string of the molecule is CC(C)C(=O)Nc1nc(Cl)c(NC=O)c([C@@H]2C[C@H](CO)[C@@H](O)C2)n1. The number of rotatable bonds is 6. The van der Waals surface area contributed by atoms with Gasteiger partial charge in [-0.25, -0.2) is 4.98 Å². The third kappa shape index (κ3) is 4.00. The zero-order valence-electron chi connectivity index (χ0n) is 13.5. The van der Waals surface area contributed by atoms with Gasteiger partial charge in [-0.15, -0.1) is 0 Å². The van der Waals surface area contributed by atoms with Crippen LogP contribution in [0.25, 0.3) is 0 Å². The van der Waals surface area contributed by atoms with Crippen LogP contribution in [0.3, 0.4) is 0 Å². The summed E-state index contributed by atoms with van der Waals surface area (Å²) in [5, 5.41) is 24.4. The van der Waals surface area contributed by atoms with E-state index >= 15 is 0 Å². The number of nitrogens with zero attached hydrogens (tertiary/aromatic N) is 2. The second kappa shape index (κ2) is 7.87. The summed E-state index contributed by atoms with van der Waals surface area (Å²) in [6.45, 7) is 3.34. The number of halogens is 1. The normalized spacial score (nSPS) is 23.3. The minimum Gasteiger partial charge on any atom is -0.396 e. The molecule has 1 saturated carbocycles. The standard InChI is InChI=1S/C15H21ClN4O4/c1-7(2)14(24)20-15-18-11(12(17-6-22)13(16)19-15)8-3-9(5-21)10(23)4-8/h6-10,21,23H,3-5H2,1-2H3,(H,17,22)(H,18,19,20,24)/t8-,9-,10+/m1/s1. The fraction of sp³-hybridized carbons (Fsp3) is 0.600. The minimum absolute atomic E-state index is 0.00749. The summed E-state index contributed by atoms with van der Waals surface area (Å²) in [6, 6.07) is 0. The van der Waals surface area contributed by atoms with E-state index in [0.717, 1.165) is 0 Å². The lowest BCUT2D eigenvalue weighted by atomic mass is 10.0. The first-order chi connectivity index (χ1) is 11.4. The summed E-state index contributed by atoms with van der Waals surface area (Å²) >= 11 is 6.13. The van der Waals surface area contributed by atoms with Crippen LogP contribution in [0.2, 0.25) is 5.15 Å². The van der Waals surface area contributed by atoms with E-state index in [0.29, 0.717) is 24.9 Å². The number of hydrogen-bond donors (Lipinski definition) is 4. The maximum atomic E-state index is 11.8. The molecule has 1 aromatic rings. The molecule has 0 aromatic carbocycles. The van der Waals surface area contributed by atoms with Crippen molar-refractivity contribution in [3.8, 4) is 0 Å². The number of carbonyl (C=O) groups is 2. The third-order valence-corrected chi connectivity index (χ3v) is 4.41.